The first kappa shape index (κ1) is 18.6. The summed E-state index contributed by atoms with van der Waals surface area (Å²) in [5.41, 5.74) is 4.73. The molecule has 29 heavy (non-hydrogen) atoms. The fourth-order valence-electron chi connectivity index (χ4n) is 3.06. The number of carbonyl (C=O) groups excluding carboxylic acids is 1. The Hall–Kier alpha value is -3.73. The van der Waals surface area contributed by atoms with E-state index in [1.54, 1.807) is 0 Å². The smallest absolute Gasteiger partial charge is 0.248 e. The number of benzene rings is 3. The molecule has 0 spiro atoms. The van der Waals surface area contributed by atoms with Crippen LogP contribution in [0.4, 0.5) is 5.69 Å². The van der Waals surface area contributed by atoms with Crippen molar-refractivity contribution < 1.29 is 9.21 Å². The molecular weight excluding hydrogens is 362 g/mol. The lowest BCUT2D eigenvalue weighted by molar-refractivity contribution is -0.116. The molecular formula is C24H21N3O2. The number of hydrogen-bond acceptors (Lipinski definition) is 4. The number of anilines is 1. The van der Waals surface area contributed by atoms with Crippen molar-refractivity contribution in [2.24, 2.45) is 0 Å². The molecule has 5 heteroatoms. The van der Waals surface area contributed by atoms with E-state index in [1.807, 2.05) is 85.8 Å². The van der Waals surface area contributed by atoms with E-state index in [9.17, 15) is 4.79 Å². The third-order valence-corrected chi connectivity index (χ3v) is 4.59. The molecule has 0 aliphatic carbocycles. The summed E-state index contributed by atoms with van der Waals surface area (Å²) in [7, 11) is 0. The third kappa shape index (κ3) is 4.76. The summed E-state index contributed by atoms with van der Waals surface area (Å²) in [6, 6.07) is 25.3. The molecule has 1 N–H and O–H groups in total. The zero-order chi connectivity index (χ0) is 20.1. The van der Waals surface area contributed by atoms with Crippen LogP contribution in [0.5, 0.6) is 0 Å². The van der Waals surface area contributed by atoms with Crippen LogP contribution in [-0.4, -0.2) is 16.1 Å². The van der Waals surface area contributed by atoms with E-state index in [4.69, 9.17) is 4.42 Å². The van der Waals surface area contributed by atoms with Gasteiger partial charge in [-0.2, -0.15) is 0 Å². The molecule has 0 fully saturated rings. The highest BCUT2D eigenvalue weighted by Crippen LogP contribution is 2.25. The number of nitrogens with zero attached hydrogens (tertiary/aromatic N) is 2. The molecule has 4 aromatic rings. The van der Waals surface area contributed by atoms with Crippen molar-refractivity contribution in [3.05, 3.63) is 90.0 Å². The van der Waals surface area contributed by atoms with Crippen molar-refractivity contribution in [2.45, 2.75) is 19.8 Å². The second kappa shape index (κ2) is 8.52. The summed E-state index contributed by atoms with van der Waals surface area (Å²) in [5, 5.41) is 11.2. The average molecular weight is 383 g/mol. The van der Waals surface area contributed by atoms with Crippen LogP contribution in [0, 0.1) is 6.92 Å². The van der Waals surface area contributed by atoms with E-state index in [1.165, 1.54) is 0 Å². The van der Waals surface area contributed by atoms with Crippen LogP contribution in [0.25, 0.3) is 22.9 Å². The SMILES string of the molecule is Cc1cccc(-c2nnc(-c3ccc(NC(=O)CCc4ccccc4)cc3)o2)c1. The van der Waals surface area contributed by atoms with Crippen LogP contribution >= 0.6 is 0 Å². The van der Waals surface area contributed by atoms with Crippen LogP contribution in [0.3, 0.4) is 0 Å². The van der Waals surface area contributed by atoms with Crippen LogP contribution in [0.15, 0.2) is 83.3 Å². The molecule has 0 aliphatic heterocycles. The minimum Gasteiger partial charge on any atom is -0.416 e. The Morgan fingerprint density at radius 2 is 1.59 bits per heavy atom. The van der Waals surface area contributed by atoms with E-state index in [2.05, 4.69) is 15.5 Å². The highest BCUT2D eigenvalue weighted by Gasteiger charge is 2.11. The van der Waals surface area contributed by atoms with Gasteiger partial charge in [0.1, 0.15) is 0 Å². The van der Waals surface area contributed by atoms with Crippen molar-refractivity contribution in [2.75, 3.05) is 5.32 Å². The van der Waals surface area contributed by atoms with Gasteiger partial charge in [-0.15, -0.1) is 10.2 Å². The highest BCUT2D eigenvalue weighted by atomic mass is 16.4. The van der Waals surface area contributed by atoms with Crippen molar-refractivity contribution >= 4 is 11.6 Å². The molecule has 0 saturated carbocycles. The molecule has 1 heterocycles. The predicted octanol–water partition coefficient (Wildman–Crippen LogP) is 5.28. The van der Waals surface area contributed by atoms with Gasteiger partial charge in [-0.25, -0.2) is 0 Å². The minimum atomic E-state index is -0.0128. The number of rotatable bonds is 6. The van der Waals surface area contributed by atoms with Gasteiger partial charge in [-0.05, 0) is 55.3 Å². The first-order chi connectivity index (χ1) is 14.2. The maximum absolute atomic E-state index is 12.2. The van der Waals surface area contributed by atoms with Crippen LogP contribution in [-0.2, 0) is 11.2 Å². The Morgan fingerprint density at radius 3 is 2.31 bits per heavy atom. The van der Waals surface area contributed by atoms with E-state index in [0.29, 0.717) is 24.6 Å². The summed E-state index contributed by atoms with van der Waals surface area (Å²) >= 11 is 0. The lowest BCUT2D eigenvalue weighted by Crippen LogP contribution is -2.12. The zero-order valence-electron chi connectivity index (χ0n) is 16.1. The van der Waals surface area contributed by atoms with Gasteiger partial charge >= 0.3 is 0 Å². The summed E-state index contributed by atoms with van der Waals surface area (Å²) in [6.45, 7) is 2.02. The maximum atomic E-state index is 12.2. The number of carbonyl (C=O) groups is 1. The first-order valence-corrected chi connectivity index (χ1v) is 9.52. The Kier molecular flexibility index (Phi) is 5.47. The van der Waals surface area contributed by atoms with E-state index in [0.717, 1.165) is 27.9 Å². The van der Waals surface area contributed by atoms with Crippen LogP contribution in [0.1, 0.15) is 17.5 Å². The Balaban J connectivity index is 1.38. The molecule has 1 amide bonds. The summed E-state index contributed by atoms with van der Waals surface area (Å²) in [5.74, 6) is 0.923. The highest BCUT2D eigenvalue weighted by molar-refractivity contribution is 5.91. The summed E-state index contributed by atoms with van der Waals surface area (Å²) < 4.78 is 5.81. The van der Waals surface area contributed by atoms with Gasteiger partial charge in [-0.3, -0.25) is 4.79 Å². The van der Waals surface area contributed by atoms with E-state index < -0.39 is 0 Å². The Labute approximate surface area is 169 Å². The monoisotopic (exact) mass is 383 g/mol. The standard InChI is InChI=1S/C24H21N3O2/c1-17-6-5-9-20(16-17)24-27-26-23(29-24)19-11-13-21(14-12-19)25-22(28)15-10-18-7-3-2-4-8-18/h2-9,11-14,16H,10,15H2,1H3,(H,25,28). The molecule has 144 valence electrons. The predicted molar refractivity (Wildman–Crippen MR) is 113 cm³/mol. The van der Waals surface area contributed by atoms with Gasteiger partial charge in [0, 0.05) is 23.2 Å². The third-order valence-electron chi connectivity index (χ3n) is 4.59. The van der Waals surface area contributed by atoms with Crippen molar-refractivity contribution in [3.63, 3.8) is 0 Å². The Bertz CT molecular complexity index is 1100. The van der Waals surface area contributed by atoms with Gasteiger partial charge in [0.15, 0.2) is 0 Å². The fraction of sp³-hybridized carbons (Fsp3) is 0.125. The van der Waals surface area contributed by atoms with Gasteiger partial charge < -0.3 is 9.73 Å². The van der Waals surface area contributed by atoms with Crippen molar-refractivity contribution in [1.29, 1.82) is 0 Å². The van der Waals surface area contributed by atoms with Gasteiger partial charge in [0.25, 0.3) is 0 Å². The molecule has 4 rings (SSSR count). The number of nitrogens with one attached hydrogen (secondary N) is 1. The van der Waals surface area contributed by atoms with E-state index >= 15 is 0 Å². The molecule has 0 bridgehead atoms. The molecule has 5 nitrogen and oxygen atoms in total. The molecule has 1 aromatic heterocycles. The first-order valence-electron chi connectivity index (χ1n) is 9.52. The molecule has 0 unspecified atom stereocenters. The van der Waals surface area contributed by atoms with Crippen LogP contribution in [0.2, 0.25) is 0 Å². The number of amides is 1. The van der Waals surface area contributed by atoms with Crippen LogP contribution < -0.4 is 5.32 Å². The lowest BCUT2D eigenvalue weighted by Gasteiger charge is -2.06. The molecule has 0 saturated heterocycles. The molecule has 0 radical (unpaired) electrons. The Morgan fingerprint density at radius 1 is 0.862 bits per heavy atom. The van der Waals surface area contributed by atoms with Crippen molar-refractivity contribution in [3.8, 4) is 22.9 Å². The van der Waals surface area contributed by atoms with Gasteiger partial charge in [0.05, 0.1) is 0 Å². The quantitative estimate of drug-likeness (QED) is 0.492. The number of aryl methyl sites for hydroxylation is 2. The van der Waals surface area contributed by atoms with E-state index in [-0.39, 0.29) is 5.91 Å². The maximum Gasteiger partial charge on any atom is 0.248 e. The number of hydrogen-bond donors (Lipinski definition) is 1. The number of aromatic nitrogens is 2. The lowest BCUT2D eigenvalue weighted by atomic mass is 10.1. The molecule has 3 aromatic carbocycles. The second-order valence-corrected chi connectivity index (χ2v) is 6.89. The second-order valence-electron chi connectivity index (χ2n) is 6.89. The summed E-state index contributed by atoms with van der Waals surface area (Å²) in [6.07, 6.45) is 1.16. The van der Waals surface area contributed by atoms with Gasteiger partial charge in [0.2, 0.25) is 17.7 Å². The minimum absolute atomic E-state index is 0.0128. The largest absolute Gasteiger partial charge is 0.416 e. The fourth-order valence-corrected chi connectivity index (χ4v) is 3.06. The average Bonchev–Trinajstić information content (AvgIpc) is 3.24. The van der Waals surface area contributed by atoms with Gasteiger partial charge in [-0.1, -0.05) is 48.0 Å². The molecule has 0 atom stereocenters. The summed E-state index contributed by atoms with van der Waals surface area (Å²) in [4.78, 5) is 12.2. The molecule has 0 aliphatic rings. The normalized spacial score (nSPS) is 10.7. The topological polar surface area (TPSA) is 68.0 Å². The van der Waals surface area contributed by atoms with Crippen molar-refractivity contribution in [1.82, 2.24) is 10.2 Å². The zero-order valence-corrected chi connectivity index (χ0v) is 16.1.